The maximum absolute atomic E-state index is 12.1. The van der Waals surface area contributed by atoms with Gasteiger partial charge in [0, 0.05) is 13.0 Å². The number of morpholine rings is 1. The molecule has 1 aliphatic rings. The number of carbonyl (C=O) groups excluding carboxylic acids is 1. The SMILES string of the molecule is CCC1(N(C)C)COCC(=O)N1CCCCC(=O)O. The van der Waals surface area contributed by atoms with E-state index >= 15 is 0 Å². The molecule has 1 aliphatic heterocycles. The van der Waals surface area contributed by atoms with E-state index < -0.39 is 11.6 Å². The van der Waals surface area contributed by atoms with E-state index in [0.29, 0.717) is 26.0 Å². The summed E-state index contributed by atoms with van der Waals surface area (Å²) in [7, 11) is 3.88. The predicted molar refractivity (Wildman–Crippen MR) is 70.7 cm³/mol. The maximum atomic E-state index is 12.1. The summed E-state index contributed by atoms with van der Waals surface area (Å²) < 4.78 is 5.40. The van der Waals surface area contributed by atoms with Crippen LogP contribution in [-0.2, 0) is 14.3 Å². The molecule has 0 aromatic heterocycles. The number of aliphatic carboxylic acids is 1. The van der Waals surface area contributed by atoms with Crippen molar-refractivity contribution in [3.63, 3.8) is 0 Å². The summed E-state index contributed by atoms with van der Waals surface area (Å²) in [6.07, 6.45) is 2.23. The number of carboxylic acids is 1. The molecule has 0 aromatic rings. The van der Waals surface area contributed by atoms with Crippen LogP contribution < -0.4 is 0 Å². The minimum atomic E-state index is -0.789. The van der Waals surface area contributed by atoms with Crippen molar-refractivity contribution in [3.05, 3.63) is 0 Å². The molecule has 1 heterocycles. The molecule has 1 amide bonds. The molecule has 0 aromatic carbocycles. The van der Waals surface area contributed by atoms with Crippen molar-refractivity contribution in [2.75, 3.05) is 33.9 Å². The van der Waals surface area contributed by atoms with Crippen LogP contribution in [0.5, 0.6) is 0 Å². The van der Waals surface area contributed by atoms with Crippen LogP contribution >= 0.6 is 0 Å². The quantitative estimate of drug-likeness (QED) is 0.693. The molecule has 1 atom stereocenters. The largest absolute Gasteiger partial charge is 0.481 e. The number of unbranched alkanes of at least 4 members (excludes halogenated alkanes) is 1. The van der Waals surface area contributed by atoms with Gasteiger partial charge in [-0.25, -0.2) is 0 Å². The van der Waals surface area contributed by atoms with Gasteiger partial charge in [0.25, 0.3) is 0 Å². The molecule has 1 unspecified atom stereocenters. The second kappa shape index (κ2) is 6.86. The third-order valence-electron chi connectivity index (χ3n) is 3.78. The normalized spacial score (nSPS) is 24.0. The first-order valence-electron chi connectivity index (χ1n) is 6.71. The molecular weight excluding hydrogens is 248 g/mol. The predicted octanol–water partition coefficient (Wildman–Crippen LogP) is 0.768. The Labute approximate surface area is 114 Å². The van der Waals surface area contributed by atoms with E-state index in [0.717, 1.165) is 6.42 Å². The minimum Gasteiger partial charge on any atom is -0.481 e. The first kappa shape index (κ1) is 15.9. The van der Waals surface area contributed by atoms with Crippen molar-refractivity contribution in [2.45, 2.75) is 38.3 Å². The van der Waals surface area contributed by atoms with Gasteiger partial charge in [0.15, 0.2) is 0 Å². The molecule has 110 valence electrons. The number of likely N-dealkylation sites (N-methyl/N-ethyl adjacent to an activating group) is 1. The highest BCUT2D eigenvalue weighted by Crippen LogP contribution is 2.27. The van der Waals surface area contributed by atoms with Gasteiger partial charge in [-0.15, -0.1) is 0 Å². The van der Waals surface area contributed by atoms with Gasteiger partial charge in [0.2, 0.25) is 5.91 Å². The van der Waals surface area contributed by atoms with E-state index in [4.69, 9.17) is 9.84 Å². The highest BCUT2D eigenvalue weighted by atomic mass is 16.5. The summed E-state index contributed by atoms with van der Waals surface area (Å²) in [4.78, 5) is 26.4. The van der Waals surface area contributed by atoms with Crippen LogP contribution in [0.25, 0.3) is 0 Å². The average Bonchev–Trinajstić information content (AvgIpc) is 2.35. The fourth-order valence-electron chi connectivity index (χ4n) is 2.55. The van der Waals surface area contributed by atoms with E-state index in [1.54, 1.807) is 0 Å². The van der Waals surface area contributed by atoms with Gasteiger partial charge in [0.1, 0.15) is 12.3 Å². The summed E-state index contributed by atoms with van der Waals surface area (Å²) >= 11 is 0. The second-order valence-corrected chi connectivity index (χ2v) is 5.12. The molecule has 1 rings (SSSR count). The molecular formula is C13H24N2O4. The highest BCUT2D eigenvalue weighted by Gasteiger charge is 2.43. The lowest BCUT2D eigenvalue weighted by molar-refractivity contribution is -0.176. The molecule has 1 saturated heterocycles. The Hall–Kier alpha value is -1.14. The highest BCUT2D eigenvalue weighted by molar-refractivity contribution is 5.79. The number of ether oxygens (including phenoxy) is 1. The topological polar surface area (TPSA) is 70.1 Å². The standard InChI is InChI=1S/C13H24N2O4/c1-4-13(14(2)3)10-19-9-11(16)15(13)8-6-5-7-12(17)18/h4-10H2,1-3H3,(H,17,18). The first-order valence-corrected chi connectivity index (χ1v) is 6.71. The summed E-state index contributed by atoms with van der Waals surface area (Å²) in [5.41, 5.74) is -0.404. The Balaban J connectivity index is 2.67. The van der Waals surface area contributed by atoms with Gasteiger partial charge in [-0.3, -0.25) is 14.5 Å². The number of amides is 1. The fraction of sp³-hybridized carbons (Fsp3) is 0.846. The van der Waals surface area contributed by atoms with Crippen LogP contribution in [0, 0.1) is 0 Å². The number of hydrogen-bond acceptors (Lipinski definition) is 4. The molecule has 19 heavy (non-hydrogen) atoms. The zero-order valence-electron chi connectivity index (χ0n) is 12.0. The Bertz CT molecular complexity index is 333. The fourth-order valence-corrected chi connectivity index (χ4v) is 2.55. The van der Waals surface area contributed by atoms with Gasteiger partial charge in [-0.1, -0.05) is 6.92 Å². The Morgan fingerprint density at radius 3 is 2.68 bits per heavy atom. The van der Waals surface area contributed by atoms with Gasteiger partial charge in [-0.05, 0) is 33.4 Å². The molecule has 6 heteroatoms. The second-order valence-electron chi connectivity index (χ2n) is 5.12. The van der Waals surface area contributed by atoms with Crippen molar-refractivity contribution in [2.24, 2.45) is 0 Å². The third kappa shape index (κ3) is 3.67. The molecule has 1 fully saturated rings. The van der Waals surface area contributed by atoms with Crippen molar-refractivity contribution in [1.82, 2.24) is 9.80 Å². The summed E-state index contributed by atoms with van der Waals surface area (Å²) in [6.45, 7) is 3.24. The summed E-state index contributed by atoms with van der Waals surface area (Å²) in [5, 5.41) is 8.63. The molecule has 0 spiro atoms. The molecule has 6 nitrogen and oxygen atoms in total. The van der Waals surface area contributed by atoms with Crippen LogP contribution in [0.2, 0.25) is 0 Å². The van der Waals surface area contributed by atoms with Gasteiger partial charge >= 0.3 is 5.97 Å². The van der Waals surface area contributed by atoms with Crippen molar-refractivity contribution >= 4 is 11.9 Å². The van der Waals surface area contributed by atoms with E-state index in [9.17, 15) is 9.59 Å². The first-order chi connectivity index (χ1) is 8.94. The van der Waals surface area contributed by atoms with E-state index in [2.05, 4.69) is 0 Å². The van der Waals surface area contributed by atoms with Gasteiger partial charge in [-0.2, -0.15) is 0 Å². The van der Waals surface area contributed by atoms with Gasteiger partial charge in [0.05, 0.1) is 6.61 Å². The van der Waals surface area contributed by atoms with Crippen LogP contribution in [0.3, 0.4) is 0 Å². The smallest absolute Gasteiger partial charge is 0.303 e. The lowest BCUT2D eigenvalue weighted by atomic mass is 10.0. The molecule has 0 saturated carbocycles. The van der Waals surface area contributed by atoms with Crippen LogP contribution in [0.1, 0.15) is 32.6 Å². The van der Waals surface area contributed by atoms with Crippen LogP contribution in [-0.4, -0.2) is 66.3 Å². The Morgan fingerprint density at radius 1 is 1.47 bits per heavy atom. The van der Waals surface area contributed by atoms with Crippen molar-refractivity contribution in [3.8, 4) is 0 Å². The van der Waals surface area contributed by atoms with Crippen molar-refractivity contribution < 1.29 is 19.4 Å². The van der Waals surface area contributed by atoms with Crippen LogP contribution in [0.4, 0.5) is 0 Å². The lowest BCUT2D eigenvalue weighted by Crippen LogP contribution is -2.66. The zero-order chi connectivity index (χ0) is 14.5. The van der Waals surface area contributed by atoms with E-state index in [1.165, 1.54) is 0 Å². The van der Waals surface area contributed by atoms with E-state index in [1.807, 2.05) is 30.8 Å². The van der Waals surface area contributed by atoms with Gasteiger partial charge < -0.3 is 14.7 Å². The number of hydrogen-bond donors (Lipinski definition) is 1. The average molecular weight is 272 g/mol. The molecule has 0 radical (unpaired) electrons. The minimum absolute atomic E-state index is 0.0166. The number of nitrogens with zero attached hydrogens (tertiary/aromatic N) is 2. The number of carbonyl (C=O) groups is 2. The summed E-state index contributed by atoms with van der Waals surface area (Å²) in [6, 6.07) is 0. The third-order valence-corrected chi connectivity index (χ3v) is 3.78. The van der Waals surface area contributed by atoms with Crippen LogP contribution in [0.15, 0.2) is 0 Å². The number of rotatable bonds is 7. The lowest BCUT2D eigenvalue weighted by Gasteiger charge is -2.50. The Morgan fingerprint density at radius 2 is 2.16 bits per heavy atom. The van der Waals surface area contributed by atoms with E-state index in [-0.39, 0.29) is 18.9 Å². The summed E-state index contributed by atoms with van der Waals surface area (Å²) in [5.74, 6) is -0.806. The number of carboxylic acid groups (broad SMARTS) is 1. The monoisotopic (exact) mass is 272 g/mol. The van der Waals surface area contributed by atoms with Crippen molar-refractivity contribution in [1.29, 1.82) is 0 Å². The molecule has 1 N–H and O–H groups in total. The molecule has 0 aliphatic carbocycles. The zero-order valence-corrected chi connectivity index (χ0v) is 12.0. The Kier molecular flexibility index (Phi) is 5.75. The maximum Gasteiger partial charge on any atom is 0.303 e. The molecule has 0 bridgehead atoms.